The normalized spacial score (nSPS) is 16.1. The van der Waals surface area contributed by atoms with Gasteiger partial charge in [-0.2, -0.15) is 5.10 Å². The van der Waals surface area contributed by atoms with Crippen LogP contribution >= 0.6 is 11.3 Å². The number of benzene rings is 1. The third-order valence-electron chi connectivity index (χ3n) is 5.08. The second-order valence-electron chi connectivity index (χ2n) is 6.95. The van der Waals surface area contributed by atoms with Crippen molar-refractivity contribution in [1.82, 2.24) is 0 Å². The maximum absolute atomic E-state index is 12.9. The minimum atomic E-state index is -0.439. The Morgan fingerprint density at radius 3 is 2.62 bits per heavy atom. The van der Waals surface area contributed by atoms with Gasteiger partial charge in [-0.25, -0.2) is 9.80 Å². The molecule has 0 saturated carbocycles. The molecule has 2 aromatic rings. The summed E-state index contributed by atoms with van der Waals surface area (Å²) in [6.45, 7) is 0. The van der Waals surface area contributed by atoms with Crippen LogP contribution in [0.1, 0.15) is 46.5 Å². The Balaban J connectivity index is 1.62. The van der Waals surface area contributed by atoms with E-state index in [1.165, 1.54) is 23.5 Å². The summed E-state index contributed by atoms with van der Waals surface area (Å²) in [6.07, 6.45) is 4.25. The zero-order chi connectivity index (χ0) is 20.4. The van der Waals surface area contributed by atoms with E-state index in [9.17, 15) is 14.4 Å². The molecule has 0 bridgehead atoms. The first-order chi connectivity index (χ1) is 14.1. The minimum absolute atomic E-state index is 0.158. The second-order valence-corrected chi connectivity index (χ2v) is 8.05. The van der Waals surface area contributed by atoms with Gasteiger partial charge in [-0.05, 0) is 43.4 Å². The first kappa shape index (κ1) is 19.3. The highest BCUT2D eigenvalue weighted by Gasteiger charge is 2.30. The summed E-state index contributed by atoms with van der Waals surface area (Å²) >= 11 is 1.43. The third kappa shape index (κ3) is 3.80. The number of hydrazone groups is 1. The Kier molecular flexibility index (Phi) is 5.44. The van der Waals surface area contributed by atoms with Gasteiger partial charge in [-0.3, -0.25) is 9.59 Å². The average Bonchev–Trinajstić information content (AvgIpc) is 3.11. The number of para-hydroxylation sites is 1. The summed E-state index contributed by atoms with van der Waals surface area (Å²) in [4.78, 5) is 38.6. The van der Waals surface area contributed by atoms with E-state index in [1.54, 1.807) is 12.1 Å². The number of carbonyl (C=O) groups is 3. The Hall–Kier alpha value is -3.00. The van der Waals surface area contributed by atoms with Gasteiger partial charge >= 0.3 is 5.97 Å². The second kappa shape index (κ2) is 8.16. The van der Waals surface area contributed by atoms with Crippen LogP contribution in [0.2, 0.25) is 0 Å². The molecular formula is C21H21N3O4S. The molecule has 1 aliphatic heterocycles. The van der Waals surface area contributed by atoms with Gasteiger partial charge in [-0.15, -0.1) is 11.3 Å². The molecule has 0 atom stereocenters. The molecule has 0 fully saturated rings. The number of aryl methyl sites for hydroxylation is 1. The van der Waals surface area contributed by atoms with Crippen LogP contribution in [0.5, 0.6) is 0 Å². The van der Waals surface area contributed by atoms with E-state index in [4.69, 9.17) is 4.74 Å². The van der Waals surface area contributed by atoms with Crippen molar-refractivity contribution in [2.75, 3.05) is 17.4 Å². The molecule has 0 radical (unpaired) electrons. The number of rotatable bonds is 4. The molecule has 1 aliphatic carbocycles. The molecule has 150 valence electrons. The van der Waals surface area contributed by atoms with Crippen molar-refractivity contribution in [3.63, 3.8) is 0 Å². The number of nitrogens with zero attached hydrogens (tertiary/aromatic N) is 2. The topological polar surface area (TPSA) is 88.1 Å². The largest absolute Gasteiger partial charge is 0.465 e. The van der Waals surface area contributed by atoms with E-state index < -0.39 is 11.9 Å². The van der Waals surface area contributed by atoms with Gasteiger partial charge < -0.3 is 10.1 Å². The lowest BCUT2D eigenvalue weighted by molar-refractivity contribution is -0.118. The van der Waals surface area contributed by atoms with Crippen molar-refractivity contribution in [3.8, 4) is 0 Å². The van der Waals surface area contributed by atoms with Gasteiger partial charge in [0.1, 0.15) is 10.7 Å². The lowest BCUT2D eigenvalue weighted by Crippen LogP contribution is -2.36. The predicted octanol–water partition coefficient (Wildman–Crippen LogP) is 3.54. The maximum Gasteiger partial charge on any atom is 0.341 e. The number of fused-ring (bicyclic) bond motifs is 1. The quantitative estimate of drug-likeness (QED) is 0.780. The fourth-order valence-electron chi connectivity index (χ4n) is 3.63. The van der Waals surface area contributed by atoms with E-state index in [0.717, 1.165) is 36.1 Å². The number of ether oxygens (including phenoxy) is 1. The molecule has 1 N–H and O–H groups in total. The molecule has 0 saturated heterocycles. The van der Waals surface area contributed by atoms with Crippen LogP contribution in [0.3, 0.4) is 0 Å². The lowest BCUT2D eigenvalue weighted by Gasteiger charge is -2.23. The van der Waals surface area contributed by atoms with Gasteiger partial charge in [0.15, 0.2) is 0 Å². The average molecular weight is 411 g/mol. The Morgan fingerprint density at radius 1 is 1.10 bits per heavy atom. The Morgan fingerprint density at radius 2 is 1.86 bits per heavy atom. The lowest BCUT2D eigenvalue weighted by atomic mass is 9.95. The van der Waals surface area contributed by atoms with Crippen LogP contribution in [0, 0.1) is 0 Å². The molecule has 1 aromatic carbocycles. The van der Waals surface area contributed by atoms with Crippen LogP contribution in [0.15, 0.2) is 35.4 Å². The van der Waals surface area contributed by atoms with Crippen LogP contribution in [-0.4, -0.2) is 30.6 Å². The number of anilines is 2. The number of methoxy groups -OCH3 is 1. The molecular weight excluding hydrogens is 390 g/mol. The van der Waals surface area contributed by atoms with Gasteiger partial charge in [-0.1, -0.05) is 18.2 Å². The minimum Gasteiger partial charge on any atom is -0.465 e. The van der Waals surface area contributed by atoms with Gasteiger partial charge in [0.25, 0.3) is 5.91 Å². The van der Waals surface area contributed by atoms with Crippen molar-refractivity contribution < 1.29 is 19.1 Å². The monoisotopic (exact) mass is 411 g/mol. The summed E-state index contributed by atoms with van der Waals surface area (Å²) < 4.78 is 4.95. The molecule has 8 heteroatoms. The van der Waals surface area contributed by atoms with Crippen molar-refractivity contribution in [3.05, 3.63) is 46.3 Å². The first-order valence-corrected chi connectivity index (χ1v) is 10.4. The van der Waals surface area contributed by atoms with E-state index in [2.05, 4.69) is 10.4 Å². The molecule has 29 heavy (non-hydrogen) atoms. The Labute approximate surface area is 172 Å². The number of nitrogens with one attached hydrogen (secondary N) is 1. The smallest absolute Gasteiger partial charge is 0.341 e. The molecule has 4 rings (SSSR count). The van der Waals surface area contributed by atoms with E-state index in [0.29, 0.717) is 16.3 Å². The Bertz CT molecular complexity index is 997. The SMILES string of the molecule is COC(=O)c1c(NC(=O)C2=NN(c3ccccc3)C(=O)CC2)sc2c1CCCC2. The molecule has 0 spiro atoms. The van der Waals surface area contributed by atoms with Crippen molar-refractivity contribution in [2.45, 2.75) is 38.5 Å². The van der Waals surface area contributed by atoms with Crippen molar-refractivity contribution in [1.29, 1.82) is 0 Å². The highest BCUT2D eigenvalue weighted by molar-refractivity contribution is 7.17. The molecule has 2 heterocycles. The molecule has 2 aliphatic rings. The molecule has 2 amide bonds. The fraction of sp³-hybridized carbons (Fsp3) is 0.333. The number of amides is 2. The highest BCUT2D eigenvalue weighted by atomic mass is 32.1. The van der Waals surface area contributed by atoms with Crippen molar-refractivity contribution in [2.24, 2.45) is 5.10 Å². The highest BCUT2D eigenvalue weighted by Crippen LogP contribution is 2.38. The number of esters is 1. The van der Waals surface area contributed by atoms with Crippen LogP contribution in [0.4, 0.5) is 10.7 Å². The van der Waals surface area contributed by atoms with Gasteiger partial charge in [0, 0.05) is 17.7 Å². The summed E-state index contributed by atoms with van der Waals surface area (Å²) in [7, 11) is 1.34. The van der Waals surface area contributed by atoms with Crippen LogP contribution in [0.25, 0.3) is 0 Å². The molecule has 7 nitrogen and oxygen atoms in total. The maximum atomic E-state index is 12.9. The van der Waals surface area contributed by atoms with Crippen LogP contribution < -0.4 is 10.3 Å². The number of hydrogen-bond donors (Lipinski definition) is 1. The van der Waals surface area contributed by atoms with E-state index in [-0.39, 0.29) is 24.5 Å². The van der Waals surface area contributed by atoms with E-state index in [1.807, 2.05) is 18.2 Å². The number of thiophene rings is 1. The first-order valence-electron chi connectivity index (χ1n) is 9.58. The summed E-state index contributed by atoms with van der Waals surface area (Å²) in [5.74, 6) is -0.997. The van der Waals surface area contributed by atoms with Gasteiger partial charge in [0.2, 0.25) is 5.91 Å². The fourth-order valence-corrected chi connectivity index (χ4v) is 4.91. The number of carbonyl (C=O) groups excluding carboxylic acids is 3. The summed E-state index contributed by atoms with van der Waals surface area (Å²) in [5.41, 5.74) is 2.31. The predicted molar refractivity (Wildman–Crippen MR) is 112 cm³/mol. The van der Waals surface area contributed by atoms with Crippen LogP contribution in [-0.2, 0) is 27.2 Å². The molecule has 0 unspecified atom stereocenters. The summed E-state index contributed by atoms with van der Waals surface area (Å²) in [5, 5.41) is 8.89. The third-order valence-corrected chi connectivity index (χ3v) is 6.29. The van der Waals surface area contributed by atoms with Gasteiger partial charge in [0.05, 0.1) is 18.4 Å². The van der Waals surface area contributed by atoms with Crippen molar-refractivity contribution >= 4 is 45.5 Å². The zero-order valence-corrected chi connectivity index (χ0v) is 16.9. The summed E-state index contributed by atoms with van der Waals surface area (Å²) in [6, 6.07) is 9.01. The zero-order valence-electron chi connectivity index (χ0n) is 16.1. The standard InChI is InChI=1S/C21H21N3O4S/c1-28-21(27)18-14-9-5-6-10-16(14)29-20(18)22-19(26)15-11-12-17(25)24(23-15)13-7-3-2-4-8-13/h2-4,7-8H,5-6,9-12H2,1H3,(H,22,26). The molecule has 1 aromatic heterocycles. The van der Waals surface area contributed by atoms with E-state index >= 15 is 0 Å². The number of hydrogen-bond acceptors (Lipinski definition) is 6.